The lowest BCUT2D eigenvalue weighted by Crippen LogP contribution is -2.10. The molecule has 4 heteroatoms. The largest absolute Gasteiger partial charge is 0.494 e. The second-order valence-electron chi connectivity index (χ2n) is 7.59. The van der Waals surface area contributed by atoms with E-state index in [2.05, 4.69) is 76.6 Å². The number of ether oxygens (including phenoxy) is 2. The molecule has 0 spiro atoms. The average Bonchev–Trinajstić information content (AvgIpc) is 3.20. The molecule has 4 aromatic carbocycles. The molecule has 0 saturated carbocycles. The molecule has 1 aromatic heterocycles. The lowest BCUT2D eigenvalue weighted by atomic mass is 10.1. The van der Waals surface area contributed by atoms with Gasteiger partial charge in [-0.3, -0.25) is 0 Å². The Morgan fingerprint density at radius 1 is 0.594 bits per heavy atom. The Bertz CT molecular complexity index is 1290. The normalized spacial score (nSPS) is 11.1. The number of fused-ring (bicyclic) bond motifs is 3. The zero-order chi connectivity index (χ0) is 21.9. The van der Waals surface area contributed by atoms with Gasteiger partial charge in [-0.25, -0.2) is 0 Å². The molecule has 4 nitrogen and oxygen atoms in total. The second-order valence-corrected chi connectivity index (χ2v) is 7.59. The van der Waals surface area contributed by atoms with E-state index >= 15 is 0 Å². The highest BCUT2D eigenvalue weighted by molar-refractivity contribution is 6.08. The second kappa shape index (κ2) is 8.67. The third kappa shape index (κ3) is 3.76. The van der Waals surface area contributed by atoms with Crippen LogP contribution >= 0.6 is 0 Å². The van der Waals surface area contributed by atoms with Gasteiger partial charge in [0.2, 0.25) is 0 Å². The van der Waals surface area contributed by atoms with Crippen molar-refractivity contribution in [1.29, 1.82) is 0 Å². The van der Waals surface area contributed by atoms with E-state index in [1.807, 2.05) is 38.1 Å². The summed E-state index contributed by atoms with van der Waals surface area (Å²) in [6.07, 6.45) is 0. The van der Waals surface area contributed by atoms with Gasteiger partial charge in [0.25, 0.3) is 0 Å². The topological polar surface area (TPSA) is 37.5 Å². The molecule has 1 N–H and O–H groups in total. The number of aromatic amines is 1. The van der Waals surface area contributed by atoms with Crippen LogP contribution in [0, 0.1) is 0 Å². The first kappa shape index (κ1) is 20.0. The van der Waals surface area contributed by atoms with Gasteiger partial charge >= 0.3 is 0 Å². The number of nitrogens with zero attached hydrogens (tertiary/aromatic N) is 1. The van der Waals surface area contributed by atoms with E-state index in [4.69, 9.17) is 9.47 Å². The van der Waals surface area contributed by atoms with E-state index in [1.54, 1.807) is 0 Å². The van der Waals surface area contributed by atoms with E-state index in [0.29, 0.717) is 13.2 Å². The molecule has 0 saturated heterocycles. The maximum atomic E-state index is 5.65. The zero-order valence-electron chi connectivity index (χ0n) is 18.3. The zero-order valence-corrected chi connectivity index (χ0v) is 18.3. The van der Waals surface area contributed by atoms with Crippen LogP contribution in [0.2, 0.25) is 0 Å². The number of rotatable bonds is 7. The first-order chi connectivity index (χ1) is 15.8. The maximum absolute atomic E-state index is 5.65. The number of hydrogen-bond acceptors (Lipinski definition) is 3. The lowest BCUT2D eigenvalue weighted by Gasteiger charge is -2.26. The van der Waals surface area contributed by atoms with Crippen molar-refractivity contribution in [3.8, 4) is 11.5 Å². The van der Waals surface area contributed by atoms with Crippen LogP contribution in [-0.2, 0) is 0 Å². The predicted molar refractivity (Wildman–Crippen MR) is 133 cm³/mol. The van der Waals surface area contributed by atoms with Crippen molar-refractivity contribution < 1.29 is 9.47 Å². The van der Waals surface area contributed by atoms with Crippen LogP contribution in [0.5, 0.6) is 11.5 Å². The maximum Gasteiger partial charge on any atom is 0.119 e. The van der Waals surface area contributed by atoms with Crippen LogP contribution in [0.25, 0.3) is 21.8 Å². The first-order valence-corrected chi connectivity index (χ1v) is 11.0. The van der Waals surface area contributed by atoms with Crippen molar-refractivity contribution in [2.75, 3.05) is 18.1 Å². The summed E-state index contributed by atoms with van der Waals surface area (Å²) in [5.74, 6) is 1.74. The Labute approximate surface area is 188 Å². The summed E-state index contributed by atoms with van der Waals surface area (Å²) in [5.41, 5.74) is 5.51. The Morgan fingerprint density at radius 3 is 1.72 bits per heavy atom. The number of benzene rings is 4. The Balaban J connectivity index is 1.63. The molecule has 0 atom stereocenters. The Morgan fingerprint density at radius 2 is 1.12 bits per heavy atom. The molecule has 32 heavy (non-hydrogen) atoms. The Hall–Kier alpha value is -3.92. The van der Waals surface area contributed by atoms with Gasteiger partial charge in [-0.2, -0.15) is 0 Å². The summed E-state index contributed by atoms with van der Waals surface area (Å²) < 4.78 is 11.3. The summed E-state index contributed by atoms with van der Waals surface area (Å²) in [6, 6.07) is 31.5. The van der Waals surface area contributed by atoms with Crippen LogP contribution in [0.3, 0.4) is 0 Å². The fourth-order valence-electron chi connectivity index (χ4n) is 4.14. The summed E-state index contributed by atoms with van der Waals surface area (Å²) >= 11 is 0. The average molecular weight is 423 g/mol. The first-order valence-electron chi connectivity index (χ1n) is 11.0. The highest BCUT2D eigenvalue weighted by Crippen LogP contribution is 2.38. The number of anilines is 3. The van der Waals surface area contributed by atoms with Gasteiger partial charge in [0, 0.05) is 38.9 Å². The summed E-state index contributed by atoms with van der Waals surface area (Å²) in [7, 11) is 0. The Kier molecular flexibility index (Phi) is 5.42. The highest BCUT2D eigenvalue weighted by Gasteiger charge is 2.15. The van der Waals surface area contributed by atoms with Gasteiger partial charge in [0.1, 0.15) is 11.5 Å². The minimum absolute atomic E-state index is 0.652. The molecule has 1 heterocycles. The summed E-state index contributed by atoms with van der Waals surface area (Å²) in [5, 5.41) is 2.43. The SMILES string of the molecule is CCOc1ccc(N(c2ccc(OCC)cc2)c2ccc3[nH]c4ccccc4c3c2)cc1. The molecule has 0 aliphatic carbocycles. The predicted octanol–water partition coefficient (Wildman–Crippen LogP) is 7.59. The van der Waals surface area contributed by atoms with Crippen LogP contribution in [0.4, 0.5) is 17.1 Å². The van der Waals surface area contributed by atoms with Gasteiger partial charge < -0.3 is 19.4 Å². The monoisotopic (exact) mass is 422 g/mol. The molecule has 160 valence electrons. The fourth-order valence-corrected chi connectivity index (χ4v) is 4.14. The molecule has 0 fully saturated rings. The van der Waals surface area contributed by atoms with E-state index < -0.39 is 0 Å². The van der Waals surface area contributed by atoms with Crippen molar-refractivity contribution in [3.05, 3.63) is 91.0 Å². The number of aromatic nitrogens is 1. The van der Waals surface area contributed by atoms with Crippen LogP contribution in [0.15, 0.2) is 91.0 Å². The molecule has 0 aliphatic rings. The van der Waals surface area contributed by atoms with Gasteiger partial charge in [-0.1, -0.05) is 18.2 Å². The number of para-hydroxylation sites is 1. The van der Waals surface area contributed by atoms with E-state index in [0.717, 1.165) is 39.6 Å². The van der Waals surface area contributed by atoms with Gasteiger partial charge in [-0.05, 0) is 86.6 Å². The number of H-pyrrole nitrogens is 1. The van der Waals surface area contributed by atoms with Gasteiger partial charge in [-0.15, -0.1) is 0 Å². The van der Waals surface area contributed by atoms with Crippen LogP contribution in [0.1, 0.15) is 13.8 Å². The molecule has 5 aromatic rings. The summed E-state index contributed by atoms with van der Waals surface area (Å²) in [6.45, 7) is 5.30. The smallest absolute Gasteiger partial charge is 0.119 e. The number of nitrogens with one attached hydrogen (secondary N) is 1. The molecule has 0 amide bonds. The molecule has 0 bridgehead atoms. The molecule has 5 rings (SSSR count). The summed E-state index contributed by atoms with van der Waals surface area (Å²) in [4.78, 5) is 5.77. The van der Waals surface area contributed by atoms with Gasteiger partial charge in [0.05, 0.1) is 13.2 Å². The van der Waals surface area contributed by atoms with E-state index in [1.165, 1.54) is 10.8 Å². The minimum atomic E-state index is 0.652. The van der Waals surface area contributed by atoms with E-state index in [-0.39, 0.29) is 0 Å². The van der Waals surface area contributed by atoms with Crippen LogP contribution < -0.4 is 14.4 Å². The van der Waals surface area contributed by atoms with Crippen molar-refractivity contribution >= 4 is 38.9 Å². The molecule has 0 radical (unpaired) electrons. The quantitative estimate of drug-likeness (QED) is 0.294. The van der Waals surface area contributed by atoms with Crippen molar-refractivity contribution in [3.63, 3.8) is 0 Å². The molecule has 0 unspecified atom stereocenters. The van der Waals surface area contributed by atoms with E-state index in [9.17, 15) is 0 Å². The molecular weight excluding hydrogens is 396 g/mol. The third-order valence-electron chi connectivity index (χ3n) is 5.56. The van der Waals surface area contributed by atoms with Gasteiger partial charge in [0.15, 0.2) is 0 Å². The van der Waals surface area contributed by atoms with Crippen LogP contribution in [-0.4, -0.2) is 18.2 Å². The van der Waals surface area contributed by atoms with Crippen molar-refractivity contribution in [1.82, 2.24) is 4.98 Å². The standard InChI is InChI=1S/C28H26N2O2/c1-3-31-23-14-9-20(10-15-23)30(21-11-16-24(17-12-21)32-4-2)22-13-18-28-26(19-22)25-7-5-6-8-27(25)29-28/h5-19,29H,3-4H2,1-2H3. The van der Waals surface area contributed by atoms with Crippen molar-refractivity contribution in [2.24, 2.45) is 0 Å². The lowest BCUT2D eigenvalue weighted by molar-refractivity contribution is 0.340. The molecular formula is C28H26N2O2. The number of hydrogen-bond donors (Lipinski definition) is 1. The third-order valence-corrected chi connectivity index (χ3v) is 5.56. The molecule has 0 aliphatic heterocycles. The van der Waals surface area contributed by atoms with Crippen molar-refractivity contribution in [2.45, 2.75) is 13.8 Å². The minimum Gasteiger partial charge on any atom is -0.494 e. The highest BCUT2D eigenvalue weighted by atomic mass is 16.5. The fraction of sp³-hybridized carbons (Fsp3) is 0.143.